The highest BCUT2D eigenvalue weighted by Crippen LogP contribution is 2.22. The van der Waals surface area contributed by atoms with Crippen molar-refractivity contribution in [1.82, 2.24) is 14.8 Å². The molecule has 5 nitrogen and oxygen atoms in total. The third-order valence-corrected chi connectivity index (χ3v) is 3.64. The van der Waals surface area contributed by atoms with Crippen molar-refractivity contribution in [1.29, 1.82) is 0 Å². The van der Waals surface area contributed by atoms with Gasteiger partial charge in [-0.3, -0.25) is 4.79 Å². The summed E-state index contributed by atoms with van der Waals surface area (Å²) in [6.45, 7) is 8.47. The Morgan fingerprint density at radius 1 is 1.22 bits per heavy atom. The number of carbonyl (C=O) groups is 1. The summed E-state index contributed by atoms with van der Waals surface area (Å²) in [6.07, 6.45) is 2.95. The van der Waals surface area contributed by atoms with E-state index >= 15 is 0 Å². The first kappa shape index (κ1) is 17.2. The number of nitrogens with zero attached hydrogens (tertiary/aromatic N) is 3. The van der Waals surface area contributed by atoms with Gasteiger partial charge in [0, 0.05) is 11.5 Å². The molecule has 2 rings (SSSR count). The average Bonchev–Trinajstić information content (AvgIpc) is 2.98. The molecule has 1 aromatic heterocycles. The van der Waals surface area contributed by atoms with Crippen LogP contribution in [-0.4, -0.2) is 27.3 Å². The number of aryl methyl sites for hydroxylation is 1. The Bertz CT molecular complexity index is 645. The van der Waals surface area contributed by atoms with Gasteiger partial charge >= 0.3 is 6.01 Å². The Morgan fingerprint density at radius 3 is 2.48 bits per heavy atom. The minimum Gasteiger partial charge on any atom is -0.462 e. The summed E-state index contributed by atoms with van der Waals surface area (Å²) >= 11 is 0. The number of carbonyl (C=O) groups excluding carboxylic acids is 1. The van der Waals surface area contributed by atoms with Gasteiger partial charge in [-0.25, -0.2) is 0 Å². The molecule has 124 valence electrons. The number of unbranched alkanes of at least 4 members (excludes halogenated alkanes) is 1. The predicted molar refractivity (Wildman–Crippen MR) is 90.7 cm³/mol. The summed E-state index contributed by atoms with van der Waals surface area (Å²) < 4.78 is 6.94. The third-order valence-electron chi connectivity index (χ3n) is 3.64. The SMILES string of the molecule is CCCCOc1nc(-c2ccc(CC)cc2)n(C(=O)C(C)C)n1. The van der Waals surface area contributed by atoms with Crippen molar-refractivity contribution in [3.8, 4) is 17.4 Å². The van der Waals surface area contributed by atoms with Gasteiger partial charge < -0.3 is 4.74 Å². The molecule has 5 heteroatoms. The predicted octanol–water partition coefficient (Wildman–Crippen LogP) is 3.98. The van der Waals surface area contributed by atoms with Crippen LogP contribution in [-0.2, 0) is 6.42 Å². The lowest BCUT2D eigenvalue weighted by Gasteiger charge is -2.07. The third kappa shape index (κ3) is 4.18. The summed E-state index contributed by atoms with van der Waals surface area (Å²) in [5, 5.41) is 4.26. The van der Waals surface area contributed by atoms with Gasteiger partial charge in [0.1, 0.15) is 0 Å². The van der Waals surface area contributed by atoms with Gasteiger partial charge in [-0.05, 0) is 18.4 Å². The standard InChI is InChI=1S/C18H25N3O2/c1-5-7-12-23-18-19-16(21(20-18)17(22)13(3)4)15-10-8-14(6-2)9-11-15/h8-11,13H,5-7,12H2,1-4H3. The first-order valence-electron chi connectivity index (χ1n) is 8.30. The van der Waals surface area contributed by atoms with Crippen LogP contribution in [0, 0.1) is 5.92 Å². The molecule has 0 aliphatic carbocycles. The molecule has 1 aromatic carbocycles. The van der Waals surface area contributed by atoms with Crippen molar-refractivity contribution in [3.63, 3.8) is 0 Å². The lowest BCUT2D eigenvalue weighted by atomic mass is 10.1. The summed E-state index contributed by atoms with van der Waals surface area (Å²) in [6, 6.07) is 8.31. The van der Waals surface area contributed by atoms with Crippen LogP contribution in [0.1, 0.15) is 50.9 Å². The monoisotopic (exact) mass is 315 g/mol. The molecule has 0 spiro atoms. The minimum absolute atomic E-state index is 0.0857. The van der Waals surface area contributed by atoms with E-state index in [-0.39, 0.29) is 17.8 Å². The van der Waals surface area contributed by atoms with Gasteiger partial charge in [-0.15, -0.1) is 5.10 Å². The first-order chi connectivity index (χ1) is 11.1. The molecule has 0 unspecified atom stereocenters. The maximum Gasteiger partial charge on any atom is 0.336 e. The molecular formula is C18H25N3O2. The molecule has 23 heavy (non-hydrogen) atoms. The molecule has 0 bridgehead atoms. The fraction of sp³-hybridized carbons (Fsp3) is 0.500. The molecule has 0 aliphatic heterocycles. The summed E-state index contributed by atoms with van der Waals surface area (Å²) in [4.78, 5) is 16.8. The fourth-order valence-electron chi connectivity index (χ4n) is 2.14. The van der Waals surface area contributed by atoms with Crippen molar-refractivity contribution in [3.05, 3.63) is 29.8 Å². The lowest BCUT2D eigenvalue weighted by Crippen LogP contribution is -2.19. The van der Waals surface area contributed by atoms with Gasteiger partial charge in [0.05, 0.1) is 6.61 Å². The van der Waals surface area contributed by atoms with Crippen LogP contribution in [0.2, 0.25) is 0 Å². The van der Waals surface area contributed by atoms with Crippen LogP contribution in [0.25, 0.3) is 11.4 Å². The van der Waals surface area contributed by atoms with E-state index in [0.717, 1.165) is 24.8 Å². The first-order valence-corrected chi connectivity index (χ1v) is 8.30. The van der Waals surface area contributed by atoms with Crippen molar-refractivity contribution in [2.75, 3.05) is 6.61 Å². The summed E-state index contributed by atoms with van der Waals surface area (Å²) in [5.74, 6) is 0.295. The highest BCUT2D eigenvalue weighted by molar-refractivity contribution is 5.83. The Balaban J connectivity index is 2.35. The van der Waals surface area contributed by atoms with Gasteiger partial charge in [0.15, 0.2) is 5.82 Å². The zero-order valence-electron chi connectivity index (χ0n) is 14.4. The van der Waals surface area contributed by atoms with Crippen LogP contribution < -0.4 is 4.74 Å². The van der Waals surface area contributed by atoms with Gasteiger partial charge in [0.2, 0.25) is 0 Å². The molecule has 0 saturated heterocycles. The Kier molecular flexibility index (Phi) is 5.90. The molecule has 0 radical (unpaired) electrons. The lowest BCUT2D eigenvalue weighted by molar-refractivity contribution is 0.0838. The number of ether oxygens (including phenoxy) is 1. The normalized spacial score (nSPS) is 11.0. The number of hydrogen-bond acceptors (Lipinski definition) is 4. The molecule has 0 fully saturated rings. The zero-order chi connectivity index (χ0) is 16.8. The smallest absolute Gasteiger partial charge is 0.336 e. The van der Waals surface area contributed by atoms with E-state index in [2.05, 4.69) is 23.9 Å². The zero-order valence-corrected chi connectivity index (χ0v) is 14.4. The van der Waals surface area contributed by atoms with E-state index in [1.807, 2.05) is 38.1 Å². The second kappa shape index (κ2) is 7.90. The molecular weight excluding hydrogens is 290 g/mol. The summed E-state index contributed by atoms with van der Waals surface area (Å²) in [7, 11) is 0. The second-order valence-corrected chi connectivity index (χ2v) is 5.88. The van der Waals surface area contributed by atoms with Crippen LogP contribution in [0.4, 0.5) is 0 Å². The number of rotatable bonds is 7. The minimum atomic E-state index is -0.158. The Hall–Kier alpha value is -2.17. The molecule has 0 atom stereocenters. The molecule has 2 aromatic rings. The number of aromatic nitrogens is 3. The largest absolute Gasteiger partial charge is 0.462 e. The van der Waals surface area contributed by atoms with E-state index in [0.29, 0.717) is 12.4 Å². The Morgan fingerprint density at radius 2 is 1.91 bits per heavy atom. The Labute approximate surface area is 137 Å². The maximum atomic E-state index is 12.4. The van der Waals surface area contributed by atoms with E-state index in [1.165, 1.54) is 10.2 Å². The second-order valence-electron chi connectivity index (χ2n) is 5.88. The molecule has 1 heterocycles. The van der Waals surface area contributed by atoms with E-state index in [4.69, 9.17) is 4.74 Å². The maximum absolute atomic E-state index is 12.4. The molecule has 0 N–H and O–H groups in total. The van der Waals surface area contributed by atoms with Gasteiger partial charge in [-0.2, -0.15) is 9.67 Å². The summed E-state index contributed by atoms with van der Waals surface area (Å²) in [5.41, 5.74) is 2.11. The highest BCUT2D eigenvalue weighted by Gasteiger charge is 2.20. The van der Waals surface area contributed by atoms with E-state index in [9.17, 15) is 4.79 Å². The molecule has 0 amide bonds. The van der Waals surface area contributed by atoms with Crippen LogP contribution in [0.3, 0.4) is 0 Å². The van der Waals surface area contributed by atoms with Gasteiger partial charge in [0.25, 0.3) is 5.91 Å². The van der Waals surface area contributed by atoms with E-state index in [1.54, 1.807) is 0 Å². The van der Waals surface area contributed by atoms with Crippen LogP contribution >= 0.6 is 0 Å². The van der Waals surface area contributed by atoms with Crippen molar-refractivity contribution in [2.45, 2.75) is 47.0 Å². The quantitative estimate of drug-likeness (QED) is 0.725. The molecule has 0 saturated carbocycles. The fourth-order valence-corrected chi connectivity index (χ4v) is 2.14. The average molecular weight is 315 g/mol. The number of benzene rings is 1. The highest BCUT2D eigenvalue weighted by atomic mass is 16.5. The van der Waals surface area contributed by atoms with Crippen molar-refractivity contribution < 1.29 is 9.53 Å². The van der Waals surface area contributed by atoms with Crippen molar-refractivity contribution in [2.24, 2.45) is 5.92 Å². The van der Waals surface area contributed by atoms with E-state index < -0.39 is 0 Å². The topological polar surface area (TPSA) is 57.0 Å². The van der Waals surface area contributed by atoms with Crippen molar-refractivity contribution >= 4 is 5.91 Å². The molecule has 0 aliphatic rings. The van der Waals surface area contributed by atoms with Crippen LogP contribution in [0.5, 0.6) is 6.01 Å². The van der Waals surface area contributed by atoms with Crippen LogP contribution in [0.15, 0.2) is 24.3 Å². The number of hydrogen-bond donors (Lipinski definition) is 0. The van der Waals surface area contributed by atoms with Gasteiger partial charge in [-0.1, -0.05) is 58.4 Å².